The van der Waals surface area contributed by atoms with Gasteiger partial charge in [0.15, 0.2) is 0 Å². The maximum absolute atomic E-state index is 10.3. The van der Waals surface area contributed by atoms with Crippen LogP contribution < -0.4 is 0 Å². The topological polar surface area (TPSA) is 98.4 Å². The van der Waals surface area contributed by atoms with Gasteiger partial charge < -0.3 is 5.11 Å². The van der Waals surface area contributed by atoms with Crippen LogP contribution >= 0.6 is 0 Å². The lowest BCUT2D eigenvalue weighted by Gasteiger charge is -2.07. The molecule has 0 amide bonds. The molecule has 1 aromatic carbocycles. The molecule has 1 unspecified atom stereocenters. The minimum absolute atomic E-state index is 0.0202. The highest BCUT2D eigenvalue weighted by Gasteiger charge is 2.10. The van der Waals surface area contributed by atoms with Gasteiger partial charge >= 0.3 is 0 Å². The molecule has 1 aromatic rings. The number of benzene rings is 1. The molecule has 1 N–H and O–H groups in total. The van der Waals surface area contributed by atoms with Gasteiger partial charge in [0.05, 0.1) is 6.54 Å². The molecule has 0 aliphatic heterocycles. The van der Waals surface area contributed by atoms with E-state index in [0.29, 0.717) is 5.56 Å². The van der Waals surface area contributed by atoms with Gasteiger partial charge in [0.1, 0.15) is 11.8 Å². The van der Waals surface area contributed by atoms with Gasteiger partial charge in [-0.2, -0.15) is 4.91 Å². The van der Waals surface area contributed by atoms with Crippen LogP contribution in [0.3, 0.4) is 0 Å². The minimum Gasteiger partial charge on any atom is -0.508 e. The predicted molar refractivity (Wildman–Crippen MR) is 55.2 cm³/mol. The first-order chi connectivity index (χ1) is 7.19. The Balaban J connectivity index is 3.04. The van der Waals surface area contributed by atoms with E-state index in [1.54, 1.807) is 19.1 Å². The number of nitrogens with zero attached hydrogens (tertiary/aromatic N) is 4. The number of hydrogen-bond donors (Lipinski definition) is 1. The lowest BCUT2D eigenvalue weighted by Crippen LogP contribution is -1.91. The number of nitroso groups, excluding NO2 is 1. The summed E-state index contributed by atoms with van der Waals surface area (Å²) in [6, 6.07) is 4.08. The fraction of sp³-hybridized carbons (Fsp3) is 0.333. The predicted octanol–water partition coefficient (Wildman–Crippen LogP) is 3.03. The highest BCUT2D eigenvalue weighted by atomic mass is 16.3. The molecule has 0 spiro atoms. The van der Waals surface area contributed by atoms with Crippen molar-refractivity contribution in [3.8, 4) is 5.75 Å². The van der Waals surface area contributed by atoms with Gasteiger partial charge in [-0.3, -0.25) is 0 Å². The fourth-order valence-electron chi connectivity index (χ4n) is 1.21. The monoisotopic (exact) mass is 206 g/mol. The van der Waals surface area contributed by atoms with Gasteiger partial charge in [-0.1, -0.05) is 16.4 Å². The second-order valence-corrected chi connectivity index (χ2v) is 3.06. The van der Waals surface area contributed by atoms with Crippen molar-refractivity contribution in [2.45, 2.75) is 19.5 Å². The maximum Gasteiger partial charge on any atom is 0.121 e. The molecule has 0 bridgehead atoms. The normalized spacial score (nSPS) is 11.5. The van der Waals surface area contributed by atoms with Gasteiger partial charge in [0.25, 0.3) is 0 Å². The van der Waals surface area contributed by atoms with Gasteiger partial charge in [0, 0.05) is 10.5 Å². The molecule has 15 heavy (non-hydrogen) atoms. The van der Waals surface area contributed by atoms with Gasteiger partial charge in [0.2, 0.25) is 0 Å². The molecule has 0 radical (unpaired) electrons. The summed E-state index contributed by atoms with van der Waals surface area (Å²) in [6.45, 7) is 1.77. The minimum atomic E-state index is -0.615. The van der Waals surface area contributed by atoms with Crippen molar-refractivity contribution in [1.29, 1.82) is 0 Å². The fourth-order valence-corrected chi connectivity index (χ4v) is 1.21. The molecule has 6 heteroatoms. The molecule has 1 rings (SSSR count). The van der Waals surface area contributed by atoms with E-state index >= 15 is 0 Å². The van der Waals surface area contributed by atoms with Crippen LogP contribution in [-0.4, -0.2) is 5.11 Å². The molecule has 0 saturated heterocycles. The molecule has 0 heterocycles. The lowest BCUT2D eigenvalue weighted by atomic mass is 10.0. The quantitative estimate of drug-likeness (QED) is 0.354. The van der Waals surface area contributed by atoms with Crippen LogP contribution in [0, 0.1) is 4.91 Å². The van der Waals surface area contributed by atoms with Crippen LogP contribution in [0.15, 0.2) is 28.5 Å². The zero-order chi connectivity index (χ0) is 11.3. The lowest BCUT2D eigenvalue weighted by molar-refractivity contribution is 0.463. The SMILES string of the molecule is CC(N=O)c1cc(CN=[N+]=[N-])ccc1O. The van der Waals surface area contributed by atoms with Crippen molar-refractivity contribution in [3.63, 3.8) is 0 Å². The summed E-state index contributed by atoms with van der Waals surface area (Å²) >= 11 is 0. The molecule has 0 aliphatic rings. The molecular weight excluding hydrogens is 196 g/mol. The van der Waals surface area contributed by atoms with Crippen molar-refractivity contribution in [2.24, 2.45) is 10.3 Å². The van der Waals surface area contributed by atoms with E-state index in [1.165, 1.54) is 6.07 Å². The number of phenolic OH excluding ortho intramolecular Hbond substituents is 1. The Hall–Kier alpha value is -2.07. The number of azide groups is 1. The van der Waals surface area contributed by atoms with Gasteiger partial charge in [-0.05, 0) is 30.2 Å². The maximum atomic E-state index is 10.3. The van der Waals surface area contributed by atoms with Gasteiger partial charge in [-0.15, -0.1) is 0 Å². The number of hydrogen-bond acceptors (Lipinski definition) is 4. The molecular formula is C9H10N4O2. The number of phenols is 1. The van der Waals surface area contributed by atoms with E-state index in [2.05, 4.69) is 15.2 Å². The number of rotatable bonds is 4. The Labute approximate surface area is 86.1 Å². The second-order valence-electron chi connectivity index (χ2n) is 3.06. The van der Waals surface area contributed by atoms with Crippen LogP contribution in [0.5, 0.6) is 5.75 Å². The van der Waals surface area contributed by atoms with Crippen LogP contribution in [0.1, 0.15) is 24.1 Å². The Morgan fingerprint density at radius 3 is 2.93 bits per heavy atom. The molecule has 0 aliphatic carbocycles. The van der Waals surface area contributed by atoms with Crippen LogP contribution in [-0.2, 0) is 6.54 Å². The zero-order valence-electron chi connectivity index (χ0n) is 8.16. The van der Waals surface area contributed by atoms with E-state index in [4.69, 9.17) is 5.53 Å². The average molecular weight is 206 g/mol. The van der Waals surface area contributed by atoms with E-state index in [1.807, 2.05) is 0 Å². The third-order valence-electron chi connectivity index (χ3n) is 2.02. The molecule has 78 valence electrons. The van der Waals surface area contributed by atoms with E-state index in [9.17, 15) is 10.0 Å². The van der Waals surface area contributed by atoms with E-state index in [0.717, 1.165) is 5.56 Å². The second kappa shape index (κ2) is 4.97. The van der Waals surface area contributed by atoms with Crippen molar-refractivity contribution in [2.75, 3.05) is 0 Å². The summed E-state index contributed by atoms with van der Waals surface area (Å²) < 4.78 is 0. The summed E-state index contributed by atoms with van der Waals surface area (Å²) in [5, 5.41) is 15.7. The van der Waals surface area contributed by atoms with Crippen molar-refractivity contribution in [1.82, 2.24) is 0 Å². The van der Waals surface area contributed by atoms with Crippen molar-refractivity contribution < 1.29 is 5.11 Å². The third kappa shape index (κ3) is 2.69. The first-order valence-electron chi connectivity index (χ1n) is 4.34. The Bertz CT molecular complexity index is 413. The third-order valence-corrected chi connectivity index (χ3v) is 2.02. The molecule has 0 saturated carbocycles. The van der Waals surface area contributed by atoms with Crippen LogP contribution in [0.4, 0.5) is 0 Å². The average Bonchev–Trinajstić information content (AvgIpc) is 2.27. The molecule has 0 fully saturated rings. The number of aromatic hydroxyl groups is 1. The summed E-state index contributed by atoms with van der Waals surface area (Å²) in [5.74, 6) is 0.0202. The Morgan fingerprint density at radius 2 is 2.33 bits per heavy atom. The molecule has 6 nitrogen and oxygen atoms in total. The van der Waals surface area contributed by atoms with Crippen LogP contribution in [0.25, 0.3) is 10.4 Å². The summed E-state index contributed by atoms with van der Waals surface area (Å²) in [5.41, 5.74) is 9.32. The van der Waals surface area contributed by atoms with Crippen LogP contribution in [0.2, 0.25) is 0 Å². The van der Waals surface area contributed by atoms with Gasteiger partial charge in [-0.25, -0.2) is 0 Å². The first kappa shape index (κ1) is 11.0. The summed E-state index contributed by atoms with van der Waals surface area (Å²) in [6.07, 6.45) is 0. The van der Waals surface area contributed by atoms with E-state index in [-0.39, 0.29) is 12.3 Å². The largest absolute Gasteiger partial charge is 0.508 e. The van der Waals surface area contributed by atoms with E-state index < -0.39 is 6.04 Å². The first-order valence-corrected chi connectivity index (χ1v) is 4.34. The Kier molecular flexibility index (Phi) is 3.65. The highest BCUT2D eigenvalue weighted by molar-refractivity contribution is 5.38. The zero-order valence-corrected chi connectivity index (χ0v) is 8.16. The summed E-state index contributed by atoms with van der Waals surface area (Å²) in [7, 11) is 0. The highest BCUT2D eigenvalue weighted by Crippen LogP contribution is 2.27. The van der Waals surface area contributed by atoms with Crippen molar-refractivity contribution >= 4 is 0 Å². The molecule has 0 aromatic heterocycles. The van der Waals surface area contributed by atoms with Crippen molar-refractivity contribution in [3.05, 3.63) is 44.7 Å². The molecule has 1 atom stereocenters. The Morgan fingerprint density at radius 1 is 1.60 bits per heavy atom. The standard InChI is InChI=1S/C9H10N4O2/c1-6(12-15)8-4-7(5-11-13-10)2-3-9(8)14/h2-4,6,14H,5H2,1H3. The summed E-state index contributed by atoms with van der Waals surface area (Å²) in [4.78, 5) is 13.0. The smallest absolute Gasteiger partial charge is 0.121 e.